The third kappa shape index (κ3) is 3.80. The summed E-state index contributed by atoms with van der Waals surface area (Å²) in [5.41, 5.74) is 1.57. The summed E-state index contributed by atoms with van der Waals surface area (Å²) in [6, 6.07) is 7.46. The molecule has 24 heavy (non-hydrogen) atoms. The van der Waals surface area contributed by atoms with E-state index in [1.807, 2.05) is 35.8 Å². The van der Waals surface area contributed by atoms with E-state index in [9.17, 15) is 4.79 Å². The Morgan fingerprint density at radius 2 is 2.29 bits per heavy atom. The second-order valence-electron chi connectivity index (χ2n) is 4.96. The molecular formula is C15H16N6O2S. The minimum Gasteiger partial charge on any atom is -0.338 e. The second kappa shape index (κ2) is 7.26. The summed E-state index contributed by atoms with van der Waals surface area (Å²) in [5.74, 6) is 1.64. The summed E-state index contributed by atoms with van der Waals surface area (Å²) in [6.45, 7) is 3.45. The Hall–Kier alpha value is -2.68. The molecule has 0 radical (unpaired) electrons. The lowest BCUT2D eigenvalue weighted by Gasteiger charge is -2.08. The van der Waals surface area contributed by atoms with Gasteiger partial charge >= 0.3 is 0 Å². The largest absolute Gasteiger partial charge is 0.338 e. The van der Waals surface area contributed by atoms with Gasteiger partial charge in [0.1, 0.15) is 6.33 Å². The number of nitrogens with one attached hydrogen (secondary N) is 1. The molecule has 1 aromatic carbocycles. The quantitative estimate of drug-likeness (QED) is 0.686. The van der Waals surface area contributed by atoms with Crippen LogP contribution >= 0.6 is 11.8 Å². The van der Waals surface area contributed by atoms with Crippen molar-refractivity contribution in [1.29, 1.82) is 0 Å². The molecule has 3 aromatic rings. The normalized spacial score (nSPS) is 10.8. The minimum absolute atomic E-state index is 0.117. The van der Waals surface area contributed by atoms with Crippen molar-refractivity contribution >= 4 is 23.4 Å². The fraction of sp³-hybridized carbons (Fsp3) is 0.267. The highest BCUT2D eigenvalue weighted by Gasteiger charge is 2.11. The minimum atomic E-state index is -0.117. The fourth-order valence-corrected chi connectivity index (χ4v) is 2.82. The number of amides is 1. The molecule has 0 unspecified atom stereocenters. The van der Waals surface area contributed by atoms with Gasteiger partial charge in [0.15, 0.2) is 11.0 Å². The summed E-state index contributed by atoms with van der Waals surface area (Å²) < 4.78 is 7.02. The van der Waals surface area contributed by atoms with E-state index in [1.54, 1.807) is 6.33 Å². The van der Waals surface area contributed by atoms with Gasteiger partial charge in [-0.25, -0.2) is 0 Å². The summed E-state index contributed by atoms with van der Waals surface area (Å²) in [7, 11) is 0. The lowest BCUT2D eigenvalue weighted by molar-refractivity contribution is -0.114. The Kier molecular flexibility index (Phi) is 4.90. The molecule has 8 nitrogen and oxygen atoms in total. The van der Waals surface area contributed by atoms with Crippen molar-refractivity contribution in [2.45, 2.75) is 31.2 Å². The molecule has 0 bridgehead atoms. The van der Waals surface area contributed by atoms with Crippen LogP contribution in [0.1, 0.15) is 25.6 Å². The van der Waals surface area contributed by atoms with Crippen LogP contribution in [0.5, 0.6) is 0 Å². The van der Waals surface area contributed by atoms with Gasteiger partial charge in [0, 0.05) is 19.0 Å². The van der Waals surface area contributed by atoms with E-state index < -0.39 is 0 Å². The van der Waals surface area contributed by atoms with Crippen molar-refractivity contribution in [3.63, 3.8) is 0 Å². The third-order valence-electron chi connectivity index (χ3n) is 3.11. The van der Waals surface area contributed by atoms with E-state index in [4.69, 9.17) is 4.52 Å². The molecule has 1 amide bonds. The molecule has 0 saturated heterocycles. The van der Waals surface area contributed by atoms with Gasteiger partial charge in [-0.15, -0.1) is 10.2 Å². The first kappa shape index (κ1) is 16.2. The maximum absolute atomic E-state index is 11.2. The molecule has 0 aliphatic carbocycles. The number of hydrogen-bond donors (Lipinski definition) is 1. The molecule has 2 heterocycles. The molecule has 1 N–H and O–H groups in total. The lowest BCUT2D eigenvalue weighted by atomic mass is 10.2. The zero-order valence-electron chi connectivity index (χ0n) is 13.3. The molecule has 2 aromatic heterocycles. The van der Waals surface area contributed by atoms with Gasteiger partial charge in [0.25, 0.3) is 0 Å². The van der Waals surface area contributed by atoms with Gasteiger partial charge in [-0.3, -0.25) is 9.36 Å². The zero-order valence-corrected chi connectivity index (χ0v) is 14.1. The predicted octanol–water partition coefficient (Wildman–Crippen LogP) is 2.46. The molecule has 0 aliphatic heterocycles. The molecule has 9 heteroatoms. The fourth-order valence-electron chi connectivity index (χ4n) is 2.06. The molecule has 0 atom stereocenters. The van der Waals surface area contributed by atoms with Gasteiger partial charge < -0.3 is 9.84 Å². The van der Waals surface area contributed by atoms with Crippen LogP contribution in [0.15, 0.2) is 40.3 Å². The number of rotatable bonds is 6. The van der Waals surface area contributed by atoms with Crippen LogP contribution in [0, 0.1) is 0 Å². The van der Waals surface area contributed by atoms with Crippen molar-refractivity contribution in [2.24, 2.45) is 0 Å². The number of anilines is 1. The van der Waals surface area contributed by atoms with Crippen LogP contribution in [0.4, 0.5) is 5.69 Å². The van der Waals surface area contributed by atoms with Crippen LogP contribution in [-0.4, -0.2) is 30.8 Å². The molecule has 124 valence electrons. The highest BCUT2D eigenvalue weighted by Crippen LogP contribution is 2.24. The number of hydrogen-bond acceptors (Lipinski definition) is 7. The number of carbonyl (C=O) groups excluding carboxylic acids is 1. The lowest BCUT2D eigenvalue weighted by Crippen LogP contribution is -2.06. The van der Waals surface area contributed by atoms with Crippen molar-refractivity contribution < 1.29 is 9.32 Å². The van der Waals surface area contributed by atoms with Gasteiger partial charge in [0.2, 0.25) is 11.8 Å². The molecule has 0 saturated carbocycles. The number of thioether (sulfide) groups is 1. The molecule has 0 fully saturated rings. The number of benzene rings is 1. The van der Waals surface area contributed by atoms with Crippen LogP contribution < -0.4 is 5.32 Å². The van der Waals surface area contributed by atoms with E-state index in [0.29, 0.717) is 28.3 Å². The van der Waals surface area contributed by atoms with Crippen LogP contribution in [0.3, 0.4) is 0 Å². The first-order chi connectivity index (χ1) is 11.7. The topological polar surface area (TPSA) is 98.7 Å². The van der Waals surface area contributed by atoms with Crippen LogP contribution in [0.2, 0.25) is 0 Å². The van der Waals surface area contributed by atoms with Crippen molar-refractivity contribution in [1.82, 2.24) is 24.9 Å². The first-order valence-corrected chi connectivity index (χ1v) is 8.36. The SMILES string of the molecule is CCc1noc(CSc2nncn2-c2cccc(NC(C)=O)c2)n1. The molecular weight excluding hydrogens is 328 g/mol. The van der Waals surface area contributed by atoms with Gasteiger partial charge in [-0.1, -0.05) is 29.9 Å². The molecule has 3 rings (SSSR count). The number of carbonyl (C=O) groups is 1. The molecule has 0 aliphatic rings. The Morgan fingerprint density at radius 3 is 3.04 bits per heavy atom. The summed E-state index contributed by atoms with van der Waals surface area (Å²) >= 11 is 1.45. The number of nitrogens with zero attached hydrogens (tertiary/aromatic N) is 5. The van der Waals surface area contributed by atoms with E-state index in [2.05, 4.69) is 25.7 Å². The second-order valence-corrected chi connectivity index (χ2v) is 5.90. The van der Waals surface area contributed by atoms with Gasteiger partial charge in [-0.05, 0) is 18.2 Å². The van der Waals surface area contributed by atoms with Gasteiger partial charge in [-0.2, -0.15) is 4.98 Å². The Balaban J connectivity index is 1.76. The van der Waals surface area contributed by atoms with Crippen LogP contribution in [-0.2, 0) is 17.0 Å². The Labute approximate surface area is 142 Å². The van der Waals surface area contributed by atoms with E-state index in [0.717, 1.165) is 12.1 Å². The smallest absolute Gasteiger partial charge is 0.237 e. The van der Waals surface area contributed by atoms with E-state index in [1.165, 1.54) is 18.7 Å². The van der Waals surface area contributed by atoms with Crippen LogP contribution in [0.25, 0.3) is 5.69 Å². The summed E-state index contributed by atoms with van der Waals surface area (Å²) in [5, 5.41) is 15.4. The van der Waals surface area contributed by atoms with E-state index >= 15 is 0 Å². The summed E-state index contributed by atoms with van der Waals surface area (Å²) in [4.78, 5) is 15.5. The first-order valence-electron chi connectivity index (χ1n) is 7.38. The average Bonchev–Trinajstić information content (AvgIpc) is 3.21. The maximum Gasteiger partial charge on any atom is 0.237 e. The summed E-state index contributed by atoms with van der Waals surface area (Å²) in [6.07, 6.45) is 2.36. The van der Waals surface area contributed by atoms with Crippen molar-refractivity contribution in [3.8, 4) is 5.69 Å². The van der Waals surface area contributed by atoms with Gasteiger partial charge in [0.05, 0.1) is 11.4 Å². The third-order valence-corrected chi connectivity index (χ3v) is 4.04. The Morgan fingerprint density at radius 1 is 1.42 bits per heavy atom. The maximum atomic E-state index is 11.2. The number of aryl methyl sites for hydroxylation is 1. The van der Waals surface area contributed by atoms with Crippen molar-refractivity contribution in [3.05, 3.63) is 42.3 Å². The van der Waals surface area contributed by atoms with E-state index in [-0.39, 0.29) is 5.91 Å². The monoisotopic (exact) mass is 344 g/mol. The highest BCUT2D eigenvalue weighted by atomic mass is 32.2. The predicted molar refractivity (Wildman–Crippen MR) is 88.9 cm³/mol. The standard InChI is InChI=1S/C15H16N6O2S/c1-3-13-18-14(23-20-13)8-24-15-19-16-9-21(15)12-6-4-5-11(7-12)17-10(2)22/h4-7,9H,3,8H2,1-2H3,(H,17,22). The number of aromatic nitrogens is 5. The average molecular weight is 344 g/mol. The van der Waals surface area contributed by atoms with Crippen molar-refractivity contribution in [2.75, 3.05) is 5.32 Å². The highest BCUT2D eigenvalue weighted by molar-refractivity contribution is 7.98. The Bertz CT molecular complexity index is 844. The zero-order chi connectivity index (χ0) is 16.9. The molecule has 0 spiro atoms.